The van der Waals surface area contributed by atoms with E-state index in [2.05, 4.69) is 5.32 Å². The fourth-order valence-corrected chi connectivity index (χ4v) is 3.01. The zero-order valence-electron chi connectivity index (χ0n) is 17.9. The molecule has 31 heavy (non-hydrogen) atoms. The highest BCUT2D eigenvalue weighted by molar-refractivity contribution is 5.94. The average molecular weight is 418 g/mol. The molecular weight excluding hydrogens is 390 g/mol. The fourth-order valence-electron chi connectivity index (χ4n) is 3.01. The van der Waals surface area contributed by atoms with Gasteiger partial charge in [0, 0.05) is 12.0 Å². The minimum absolute atomic E-state index is 0.0199. The molecule has 0 fully saturated rings. The van der Waals surface area contributed by atoms with Gasteiger partial charge in [-0.15, -0.1) is 0 Å². The quantitative estimate of drug-likeness (QED) is 0.346. The van der Waals surface area contributed by atoms with Gasteiger partial charge in [0.15, 0.2) is 5.78 Å². The number of rotatable bonds is 10. The van der Waals surface area contributed by atoms with Gasteiger partial charge in [-0.1, -0.05) is 36.4 Å². The average Bonchev–Trinajstić information content (AvgIpc) is 2.78. The summed E-state index contributed by atoms with van der Waals surface area (Å²) >= 11 is 0. The van der Waals surface area contributed by atoms with E-state index < -0.39 is 0 Å². The van der Waals surface area contributed by atoms with E-state index >= 15 is 0 Å². The topological polar surface area (TPSA) is 64.6 Å². The van der Waals surface area contributed by atoms with Crippen LogP contribution in [-0.2, 0) is 11.4 Å². The maximum Gasteiger partial charge on any atom is 0.224 e. The highest BCUT2D eigenvalue weighted by atomic mass is 16.5. The normalized spacial score (nSPS) is 10.4. The van der Waals surface area contributed by atoms with Gasteiger partial charge >= 0.3 is 0 Å². The van der Waals surface area contributed by atoms with Crippen LogP contribution >= 0.6 is 0 Å². The van der Waals surface area contributed by atoms with Gasteiger partial charge in [-0.05, 0) is 67.8 Å². The van der Waals surface area contributed by atoms with Crippen LogP contribution in [0.25, 0.3) is 0 Å². The first kappa shape index (κ1) is 22.1. The molecule has 3 aromatic carbocycles. The van der Waals surface area contributed by atoms with Gasteiger partial charge in [-0.25, -0.2) is 0 Å². The molecular formula is C26H27NO4. The lowest BCUT2D eigenvalue weighted by Crippen LogP contribution is -2.14. The Bertz CT molecular complexity index is 1010. The first-order chi connectivity index (χ1) is 15.0. The van der Waals surface area contributed by atoms with Crippen molar-refractivity contribution in [2.75, 3.05) is 11.9 Å². The second-order valence-corrected chi connectivity index (χ2v) is 7.35. The molecule has 0 unspecified atom stereocenters. The molecule has 0 aliphatic rings. The van der Waals surface area contributed by atoms with Crippen LogP contribution in [0.5, 0.6) is 11.5 Å². The highest BCUT2D eigenvalue weighted by Gasteiger charge is 2.09. The monoisotopic (exact) mass is 417 g/mol. The molecule has 3 aromatic rings. The van der Waals surface area contributed by atoms with Crippen LogP contribution in [-0.4, -0.2) is 18.3 Å². The van der Waals surface area contributed by atoms with E-state index in [0.29, 0.717) is 48.8 Å². The van der Waals surface area contributed by atoms with E-state index in [0.717, 1.165) is 11.1 Å². The molecule has 0 atom stereocenters. The number of nitrogens with one attached hydrogen (secondary N) is 1. The number of aryl methyl sites for hydroxylation is 1. The Hall–Kier alpha value is -3.60. The predicted octanol–water partition coefficient (Wildman–Crippen LogP) is 5.57. The van der Waals surface area contributed by atoms with Gasteiger partial charge in [-0.3, -0.25) is 9.59 Å². The van der Waals surface area contributed by atoms with Gasteiger partial charge < -0.3 is 14.8 Å². The summed E-state index contributed by atoms with van der Waals surface area (Å²) in [7, 11) is 0. The molecule has 5 heteroatoms. The predicted molar refractivity (Wildman–Crippen MR) is 122 cm³/mol. The second kappa shape index (κ2) is 11.0. The first-order valence-electron chi connectivity index (χ1n) is 10.3. The van der Waals surface area contributed by atoms with E-state index in [-0.39, 0.29) is 11.7 Å². The van der Waals surface area contributed by atoms with Crippen molar-refractivity contribution in [3.05, 3.63) is 89.5 Å². The Morgan fingerprint density at radius 3 is 2.35 bits per heavy atom. The maximum atomic E-state index is 12.4. The first-order valence-corrected chi connectivity index (χ1v) is 10.3. The second-order valence-electron chi connectivity index (χ2n) is 7.35. The van der Waals surface area contributed by atoms with Crippen LogP contribution in [0.4, 0.5) is 5.69 Å². The maximum absolute atomic E-state index is 12.4. The molecule has 0 aliphatic carbocycles. The summed E-state index contributed by atoms with van der Waals surface area (Å²) in [5, 5.41) is 2.94. The van der Waals surface area contributed by atoms with Crippen LogP contribution in [0, 0.1) is 6.92 Å². The number of carbonyl (C=O) groups excluding carboxylic acids is 2. The SMILES string of the molecule is CC(=O)c1ccc(OCCCC(=O)Nc2ccc(C)cc2OCc2ccccc2)cc1. The van der Waals surface area contributed by atoms with Gasteiger partial charge in [0.2, 0.25) is 5.91 Å². The van der Waals surface area contributed by atoms with Crippen molar-refractivity contribution in [2.24, 2.45) is 0 Å². The Balaban J connectivity index is 1.47. The summed E-state index contributed by atoms with van der Waals surface area (Å²) in [6.45, 7) is 4.36. The minimum atomic E-state index is -0.0936. The summed E-state index contributed by atoms with van der Waals surface area (Å²) in [4.78, 5) is 23.7. The van der Waals surface area contributed by atoms with E-state index in [1.54, 1.807) is 24.3 Å². The molecule has 1 amide bonds. The van der Waals surface area contributed by atoms with Gasteiger partial charge in [0.1, 0.15) is 18.1 Å². The van der Waals surface area contributed by atoms with Crippen molar-refractivity contribution in [3.8, 4) is 11.5 Å². The molecule has 160 valence electrons. The van der Waals surface area contributed by atoms with Crippen LogP contribution < -0.4 is 14.8 Å². The third-order valence-corrected chi connectivity index (χ3v) is 4.73. The van der Waals surface area contributed by atoms with E-state index in [4.69, 9.17) is 9.47 Å². The molecule has 3 rings (SSSR count). The Morgan fingerprint density at radius 2 is 1.65 bits per heavy atom. The zero-order chi connectivity index (χ0) is 22.1. The van der Waals surface area contributed by atoms with Crippen LogP contribution in [0.1, 0.15) is 41.3 Å². The van der Waals surface area contributed by atoms with Crippen molar-refractivity contribution in [2.45, 2.75) is 33.3 Å². The third-order valence-electron chi connectivity index (χ3n) is 4.73. The smallest absolute Gasteiger partial charge is 0.224 e. The Kier molecular flexibility index (Phi) is 7.82. The number of hydrogen-bond donors (Lipinski definition) is 1. The minimum Gasteiger partial charge on any atom is -0.494 e. The number of amides is 1. The number of hydrogen-bond acceptors (Lipinski definition) is 4. The zero-order valence-corrected chi connectivity index (χ0v) is 17.9. The molecule has 0 aliphatic heterocycles. The lowest BCUT2D eigenvalue weighted by atomic mass is 10.1. The molecule has 0 aromatic heterocycles. The van der Waals surface area contributed by atoms with Crippen LogP contribution in [0.2, 0.25) is 0 Å². The van der Waals surface area contributed by atoms with E-state index in [9.17, 15) is 9.59 Å². The summed E-state index contributed by atoms with van der Waals surface area (Å²) in [6, 6.07) is 22.6. The number of Topliss-reactive ketones (excluding diaryl/α,β-unsaturated/α-hetero) is 1. The molecule has 5 nitrogen and oxygen atoms in total. The summed E-state index contributed by atoms with van der Waals surface area (Å²) in [5.74, 6) is 1.26. The van der Waals surface area contributed by atoms with Gasteiger partial charge in [-0.2, -0.15) is 0 Å². The lowest BCUT2D eigenvalue weighted by Gasteiger charge is -2.14. The van der Waals surface area contributed by atoms with Crippen molar-refractivity contribution >= 4 is 17.4 Å². The number of benzene rings is 3. The van der Waals surface area contributed by atoms with Crippen molar-refractivity contribution < 1.29 is 19.1 Å². The van der Waals surface area contributed by atoms with Crippen LogP contribution in [0.3, 0.4) is 0 Å². The summed E-state index contributed by atoms with van der Waals surface area (Å²) < 4.78 is 11.6. The van der Waals surface area contributed by atoms with Crippen LogP contribution in [0.15, 0.2) is 72.8 Å². The molecule has 1 N–H and O–H groups in total. The van der Waals surface area contributed by atoms with Gasteiger partial charge in [0.05, 0.1) is 12.3 Å². The molecule has 0 heterocycles. The molecule has 0 saturated carbocycles. The number of ether oxygens (including phenoxy) is 2. The Morgan fingerprint density at radius 1 is 0.903 bits per heavy atom. The Labute approximate surface area is 183 Å². The number of ketones is 1. The molecule has 0 bridgehead atoms. The standard InChI is InChI=1S/C26H27NO4/c1-19-10-15-24(25(17-19)31-18-21-7-4-3-5-8-21)27-26(29)9-6-16-30-23-13-11-22(12-14-23)20(2)28/h3-5,7-8,10-15,17H,6,9,16,18H2,1-2H3,(H,27,29). The third kappa shape index (κ3) is 7.00. The largest absolute Gasteiger partial charge is 0.494 e. The summed E-state index contributed by atoms with van der Waals surface area (Å²) in [6.07, 6.45) is 0.907. The highest BCUT2D eigenvalue weighted by Crippen LogP contribution is 2.27. The molecule has 0 saturated heterocycles. The van der Waals surface area contributed by atoms with Crippen molar-refractivity contribution in [1.29, 1.82) is 0 Å². The summed E-state index contributed by atoms with van der Waals surface area (Å²) in [5.41, 5.74) is 3.43. The van der Waals surface area contributed by atoms with E-state index in [1.807, 2.05) is 55.5 Å². The number of anilines is 1. The van der Waals surface area contributed by atoms with Crippen molar-refractivity contribution in [3.63, 3.8) is 0 Å². The molecule has 0 radical (unpaired) electrons. The molecule has 0 spiro atoms. The fraction of sp³-hybridized carbons (Fsp3) is 0.231. The lowest BCUT2D eigenvalue weighted by molar-refractivity contribution is -0.116. The van der Waals surface area contributed by atoms with E-state index in [1.165, 1.54) is 6.92 Å². The number of carbonyl (C=O) groups is 2. The van der Waals surface area contributed by atoms with Gasteiger partial charge in [0.25, 0.3) is 0 Å². The van der Waals surface area contributed by atoms with Crippen molar-refractivity contribution in [1.82, 2.24) is 0 Å².